The lowest BCUT2D eigenvalue weighted by Gasteiger charge is -2.09. The molecule has 4 nitrogen and oxygen atoms in total. The Morgan fingerprint density at radius 2 is 1.64 bits per heavy atom. The molecule has 1 N–H and O–H groups in total. The molecule has 0 bridgehead atoms. The van der Waals surface area contributed by atoms with Crippen LogP contribution in [-0.2, 0) is 0 Å². The summed E-state index contributed by atoms with van der Waals surface area (Å²) in [6.07, 6.45) is 0. The maximum absolute atomic E-state index is 12.7. The second-order valence-electron chi connectivity index (χ2n) is 4.82. The number of methoxy groups -OCH3 is 2. The number of aliphatic hydroxyl groups is 1. The Morgan fingerprint density at radius 1 is 1.00 bits per heavy atom. The van der Waals surface area contributed by atoms with Gasteiger partial charge in [0, 0.05) is 15.6 Å². The SMILES string of the molecule is COc1cc2c(cc1OC)C(O)=C(c1cccc(Br)c1)C2=O. The van der Waals surface area contributed by atoms with Crippen LogP contribution in [0.25, 0.3) is 11.3 Å². The minimum absolute atomic E-state index is 0.0425. The fourth-order valence-electron chi connectivity index (χ4n) is 2.55. The Balaban J connectivity index is 2.19. The summed E-state index contributed by atoms with van der Waals surface area (Å²) in [5, 5.41) is 10.5. The van der Waals surface area contributed by atoms with Gasteiger partial charge in [0.25, 0.3) is 0 Å². The Labute approximate surface area is 136 Å². The summed E-state index contributed by atoms with van der Waals surface area (Å²) in [5.74, 6) is 0.652. The average molecular weight is 361 g/mol. The standard InChI is InChI=1S/C17H13BrO4/c1-21-13-7-11-12(8-14(13)22-2)17(20)15(16(11)19)9-4-3-5-10(18)6-9/h3-8,19H,1-2H3. The second-order valence-corrected chi connectivity index (χ2v) is 5.73. The number of rotatable bonds is 3. The number of carbonyl (C=O) groups excluding carboxylic acids is 1. The summed E-state index contributed by atoms with van der Waals surface area (Å²) in [5.41, 5.74) is 1.81. The van der Waals surface area contributed by atoms with E-state index in [9.17, 15) is 9.90 Å². The van der Waals surface area contributed by atoms with E-state index in [1.807, 2.05) is 12.1 Å². The van der Waals surface area contributed by atoms with E-state index >= 15 is 0 Å². The van der Waals surface area contributed by atoms with Crippen molar-refractivity contribution in [2.45, 2.75) is 0 Å². The van der Waals surface area contributed by atoms with Crippen molar-refractivity contribution in [1.82, 2.24) is 0 Å². The number of carbonyl (C=O) groups is 1. The summed E-state index contributed by atoms with van der Waals surface area (Å²) in [4.78, 5) is 12.7. The lowest BCUT2D eigenvalue weighted by molar-refractivity contribution is 0.105. The number of hydrogen-bond acceptors (Lipinski definition) is 4. The van der Waals surface area contributed by atoms with Gasteiger partial charge in [0.15, 0.2) is 17.3 Å². The highest BCUT2D eigenvalue weighted by Crippen LogP contribution is 2.42. The monoisotopic (exact) mass is 360 g/mol. The highest BCUT2D eigenvalue weighted by Gasteiger charge is 2.32. The predicted octanol–water partition coefficient (Wildman–Crippen LogP) is 4.09. The zero-order valence-electron chi connectivity index (χ0n) is 12.0. The van der Waals surface area contributed by atoms with Crippen molar-refractivity contribution in [1.29, 1.82) is 0 Å². The van der Waals surface area contributed by atoms with Crippen molar-refractivity contribution in [3.05, 3.63) is 57.6 Å². The van der Waals surface area contributed by atoms with Crippen LogP contribution < -0.4 is 9.47 Å². The van der Waals surface area contributed by atoms with Gasteiger partial charge in [0.2, 0.25) is 0 Å². The average Bonchev–Trinajstić information content (AvgIpc) is 2.76. The number of ketones is 1. The minimum atomic E-state index is -0.230. The molecule has 0 amide bonds. The number of Topliss-reactive ketones (excluding diaryl/α,β-unsaturated/α-hetero) is 1. The summed E-state index contributed by atoms with van der Waals surface area (Å²) < 4.78 is 11.3. The van der Waals surface area contributed by atoms with Gasteiger partial charge in [0.05, 0.1) is 19.8 Å². The number of fused-ring (bicyclic) bond motifs is 1. The van der Waals surface area contributed by atoms with Crippen molar-refractivity contribution in [3.63, 3.8) is 0 Å². The van der Waals surface area contributed by atoms with E-state index in [-0.39, 0.29) is 17.1 Å². The van der Waals surface area contributed by atoms with E-state index in [1.54, 1.807) is 24.3 Å². The molecule has 0 radical (unpaired) electrons. The molecule has 3 rings (SSSR count). The van der Waals surface area contributed by atoms with E-state index in [1.165, 1.54) is 14.2 Å². The Hall–Kier alpha value is -2.27. The van der Waals surface area contributed by atoms with E-state index in [0.717, 1.165) is 4.47 Å². The van der Waals surface area contributed by atoms with Crippen LogP contribution in [0.5, 0.6) is 11.5 Å². The Kier molecular flexibility index (Phi) is 3.66. The van der Waals surface area contributed by atoms with Crippen molar-refractivity contribution >= 4 is 33.0 Å². The normalized spacial score (nSPS) is 13.3. The molecule has 0 saturated heterocycles. The summed E-state index contributed by atoms with van der Waals surface area (Å²) in [6.45, 7) is 0. The van der Waals surface area contributed by atoms with Gasteiger partial charge >= 0.3 is 0 Å². The van der Waals surface area contributed by atoms with Crippen LogP contribution in [0, 0.1) is 0 Å². The second kappa shape index (κ2) is 5.50. The number of hydrogen-bond donors (Lipinski definition) is 1. The van der Waals surface area contributed by atoms with Crippen LogP contribution in [-0.4, -0.2) is 25.1 Å². The molecule has 112 valence electrons. The van der Waals surface area contributed by atoms with E-state index in [4.69, 9.17) is 9.47 Å². The van der Waals surface area contributed by atoms with Gasteiger partial charge in [-0.25, -0.2) is 0 Å². The third-order valence-corrected chi connectivity index (χ3v) is 4.09. The molecule has 2 aromatic rings. The first-order valence-electron chi connectivity index (χ1n) is 6.57. The highest BCUT2D eigenvalue weighted by molar-refractivity contribution is 9.10. The fourth-order valence-corrected chi connectivity index (χ4v) is 2.95. The molecule has 0 fully saturated rings. The summed E-state index contributed by atoms with van der Waals surface area (Å²) in [6, 6.07) is 10.5. The van der Waals surface area contributed by atoms with Gasteiger partial charge < -0.3 is 14.6 Å². The summed E-state index contributed by atoms with van der Waals surface area (Å²) >= 11 is 3.37. The molecule has 0 unspecified atom stereocenters. The molecule has 2 aromatic carbocycles. The van der Waals surface area contributed by atoms with Gasteiger partial charge in [0.1, 0.15) is 5.76 Å². The number of allylic oxidation sites excluding steroid dienone is 1. The maximum Gasteiger partial charge on any atom is 0.198 e. The smallest absolute Gasteiger partial charge is 0.198 e. The third-order valence-electron chi connectivity index (χ3n) is 3.60. The molecule has 0 spiro atoms. The first-order valence-corrected chi connectivity index (χ1v) is 7.36. The predicted molar refractivity (Wildman–Crippen MR) is 87.5 cm³/mol. The van der Waals surface area contributed by atoms with Gasteiger partial charge in [-0.3, -0.25) is 4.79 Å². The van der Waals surface area contributed by atoms with Crippen molar-refractivity contribution in [3.8, 4) is 11.5 Å². The molecule has 1 aliphatic rings. The zero-order valence-corrected chi connectivity index (χ0v) is 13.6. The van der Waals surface area contributed by atoms with Gasteiger partial charge in [-0.05, 0) is 29.8 Å². The van der Waals surface area contributed by atoms with E-state index < -0.39 is 0 Å². The van der Waals surface area contributed by atoms with Crippen molar-refractivity contribution in [2.75, 3.05) is 14.2 Å². The summed E-state index contributed by atoms with van der Waals surface area (Å²) in [7, 11) is 3.02. The lowest BCUT2D eigenvalue weighted by Crippen LogP contribution is -2.00. The minimum Gasteiger partial charge on any atom is -0.506 e. The molecular weight excluding hydrogens is 348 g/mol. The molecule has 5 heteroatoms. The third kappa shape index (κ3) is 2.18. The van der Waals surface area contributed by atoms with Crippen LogP contribution in [0.1, 0.15) is 21.5 Å². The van der Waals surface area contributed by atoms with Gasteiger partial charge in [-0.1, -0.05) is 28.1 Å². The molecule has 0 saturated carbocycles. The van der Waals surface area contributed by atoms with Crippen molar-refractivity contribution in [2.24, 2.45) is 0 Å². The van der Waals surface area contributed by atoms with Crippen molar-refractivity contribution < 1.29 is 19.4 Å². The molecule has 0 atom stereocenters. The highest BCUT2D eigenvalue weighted by atomic mass is 79.9. The number of ether oxygens (including phenoxy) is 2. The number of aliphatic hydroxyl groups excluding tert-OH is 1. The quantitative estimate of drug-likeness (QED) is 0.895. The van der Waals surface area contributed by atoms with Gasteiger partial charge in [-0.2, -0.15) is 0 Å². The fraction of sp³-hybridized carbons (Fsp3) is 0.118. The molecule has 0 aliphatic heterocycles. The first-order chi connectivity index (χ1) is 10.6. The van der Waals surface area contributed by atoms with Crippen LogP contribution >= 0.6 is 15.9 Å². The first kappa shape index (κ1) is 14.7. The van der Waals surface area contributed by atoms with Crippen LogP contribution in [0.4, 0.5) is 0 Å². The molecule has 0 heterocycles. The van der Waals surface area contributed by atoms with E-state index in [0.29, 0.717) is 28.2 Å². The topological polar surface area (TPSA) is 55.8 Å². The van der Waals surface area contributed by atoms with Gasteiger partial charge in [-0.15, -0.1) is 0 Å². The maximum atomic E-state index is 12.7. The molecular formula is C17H13BrO4. The number of halogens is 1. The zero-order chi connectivity index (χ0) is 15.9. The van der Waals surface area contributed by atoms with Crippen LogP contribution in [0.15, 0.2) is 40.9 Å². The Bertz CT molecular complexity index is 808. The van der Waals surface area contributed by atoms with E-state index in [2.05, 4.69) is 15.9 Å². The molecule has 0 aromatic heterocycles. The van der Waals surface area contributed by atoms with Crippen LogP contribution in [0.2, 0.25) is 0 Å². The number of benzene rings is 2. The van der Waals surface area contributed by atoms with Crippen LogP contribution in [0.3, 0.4) is 0 Å². The molecule has 1 aliphatic carbocycles. The molecule has 22 heavy (non-hydrogen) atoms. The largest absolute Gasteiger partial charge is 0.506 e. The lowest BCUT2D eigenvalue weighted by atomic mass is 10.0. The Morgan fingerprint density at radius 3 is 2.23 bits per heavy atom.